The summed E-state index contributed by atoms with van der Waals surface area (Å²) in [5.41, 5.74) is 5.54. The number of nitrogen functional groups attached to an aromatic ring is 1. The number of halogens is 1. The Kier molecular flexibility index (Phi) is 7.73. The maximum absolute atomic E-state index is 15.9. The van der Waals surface area contributed by atoms with Crippen molar-refractivity contribution < 1.29 is 17.6 Å². The van der Waals surface area contributed by atoms with E-state index in [1.807, 2.05) is 25.7 Å². The predicted molar refractivity (Wildman–Crippen MR) is 161 cm³/mol. The first-order chi connectivity index (χ1) is 20.3. The molecule has 1 amide bonds. The van der Waals surface area contributed by atoms with Crippen LogP contribution in [0, 0.1) is 5.82 Å². The molecule has 1 aliphatic rings. The number of nitrogens with two attached hydrogens (primary N) is 1. The first-order valence-electron chi connectivity index (χ1n) is 13.5. The largest absolute Gasteiger partial charge is 0.383 e. The van der Waals surface area contributed by atoms with E-state index < -0.39 is 21.3 Å². The highest BCUT2D eigenvalue weighted by molar-refractivity contribution is 7.90. The van der Waals surface area contributed by atoms with Gasteiger partial charge in [-0.1, -0.05) is 20.4 Å². The summed E-state index contributed by atoms with van der Waals surface area (Å²) in [6, 6.07) is 5.34. The number of hydrogen-bond donors (Lipinski definition) is 1. The summed E-state index contributed by atoms with van der Waals surface area (Å²) in [6.07, 6.45) is 5.09. The number of nitrogens with zero attached hydrogens (tertiary/aromatic N) is 7. The van der Waals surface area contributed by atoms with Gasteiger partial charge >= 0.3 is 5.69 Å². The molecular weight excluding hydrogens is 575 g/mol. The van der Waals surface area contributed by atoms with Crippen LogP contribution in [-0.2, 0) is 14.6 Å². The fraction of sp³-hybridized carbons (Fsp3) is 0.310. The van der Waals surface area contributed by atoms with E-state index in [4.69, 9.17) is 5.73 Å². The lowest BCUT2D eigenvalue weighted by Gasteiger charge is -2.40. The molecule has 1 saturated heterocycles. The van der Waals surface area contributed by atoms with Gasteiger partial charge in [0.1, 0.15) is 17.3 Å². The van der Waals surface area contributed by atoms with E-state index in [1.54, 1.807) is 17.0 Å². The lowest BCUT2D eigenvalue weighted by Crippen LogP contribution is -2.54. The molecule has 0 saturated carbocycles. The van der Waals surface area contributed by atoms with Crippen LogP contribution >= 0.6 is 0 Å². The van der Waals surface area contributed by atoms with Gasteiger partial charge in [0, 0.05) is 49.9 Å². The Morgan fingerprint density at radius 2 is 1.93 bits per heavy atom. The van der Waals surface area contributed by atoms with Crippen molar-refractivity contribution in [3.05, 3.63) is 71.3 Å². The number of fused-ring (bicyclic) bond motifs is 1. The highest BCUT2D eigenvalue weighted by Crippen LogP contribution is 2.35. The number of carbonyl (C=O) groups excluding carboxylic acids is 1. The number of rotatable bonds is 6. The van der Waals surface area contributed by atoms with Gasteiger partial charge in [0.2, 0.25) is 5.91 Å². The van der Waals surface area contributed by atoms with Crippen molar-refractivity contribution in [1.82, 2.24) is 29.4 Å². The molecule has 12 nitrogen and oxygen atoms in total. The van der Waals surface area contributed by atoms with Gasteiger partial charge in [0.15, 0.2) is 21.3 Å². The highest BCUT2D eigenvalue weighted by Gasteiger charge is 2.31. The number of sulfone groups is 1. The second kappa shape index (κ2) is 11.2. The molecule has 1 atom stereocenters. The third-order valence-electron chi connectivity index (χ3n) is 7.37. The van der Waals surface area contributed by atoms with E-state index in [0.29, 0.717) is 25.3 Å². The SMILES string of the molecule is C=CC(=O)N1CCN(c2nc(=O)n(-c3c(S(C)(=O)=O)ccnc3C(C)C)c3nc(-c4cccnc4N)c(F)cc23)[C@@H](C)C1. The molecular formula is C29H31FN8O4S. The van der Waals surface area contributed by atoms with Gasteiger partial charge in [-0.25, -0.2) is 32.1 Å². The molecule has 0 spiro atoms. The average molecular weight is 607 g/mol. The highest BCUT2D eigenvalue weighted by atomic mass is 32.2. The van der Waals surface area contributed by atoms with Crippen LogP contribution in [0.25, 0.3) is 28.0 Å². The van der Waals surface area contributed by atoms with E-state index in [1.165, 1.54) is 30.6 Å². The minimum atomic E-state index is -3.87. The Morgan fingerprint density at radius 3 is 2.56 bits per heavy atom. The molecule has 0 aromatic carbocycles. The van der Waals surface area contributed by atoms with Crippen LogP contribution in [0.1, 0.15) is 32.4 Å². The molecule has 0 unspecified atom stereocenters. The Labute approximate surface area is 247 Å². The normalized spacial score (nSPS) is 15.7. The summed E-state index contributed by atoms with van der Waals surface area (Å²) in [7, 11) is -3.87. The predicted octanol–water partition coefficient (Wildman–Crippen LogP) is 2.71. The number of hydrogen-bond acceptors (Lipinski definition) is 10. The fourth-order valence-electron chi connectivity index (χ4n) is 5.33. The van der Waals surface area contributed by atoms with Gasteiger partial charge in [-0.05, 0) is 43.2 Å². The monoisotopic (exact) mass is 606 g/mol. The molecule has 224 valence electrons. The zero-order valence-electron chi connectivity index (χ0n) is 24.2. The minimum absolute atomic E-state index is 0.00675. The summed E-state index contributed by atoms with van der Waals surface area (Å²) < 4.78 is 43.0. The van der Waals surface area contributed by atoms with Gasteiger partial charge in [0.05, 0.1) is 21.7 Å². The quantitative estimate of drug-likeness (QED) is 0.324. The number of piperazine rings is 1. The molecule has 1 aliphatic heterocycles. The molecule has 4 aromatic heterocycles. The van der Waals surface area contributed by atoms with E-state index in [0.717, 1.165) is 10.8 Å². The molecule has 14 heteroatoms. The van der Waals surface area contributed by atoms with Gasteiger partial charge in [-0.15, -0.1) is 0 Å². The van der Waals surface area contributed by atoms with E-state index in [9.17, 15) is 18.0 Å². The number of pyridine rings is 3. The van der Waals surface area contributed by atoms with Crippen molar-refractivity contribution in [2.24, 2.45) is 0 Å². The Morgan fingerprint density at radius 1 is 1.19 bits per heavy atom. The third kappa shape index (κ3) is 5.33. The van der Waals surface area contributed by atoms with Crippen LogP contribution in [0.5, 0.6) is 0 Å². The van der Waals surface area contributed by atoms with Crippen molar-refractivity contribution in [3.63, 3.8) is 0 Å². The molecule has 4 aromatic rings. The molecule has 0 aliphatic carbocycles. The Hall–Kier alpha value is -4.72. The maximum Gasteiger partial charge on any atom is 0.355 e. The zero-order chi connectivity index (χ0) is 31.2. The summed E-state index contributed by atoms with van der Waals surface area (Å²) in [5, 5.41) is 0.164. The summed E-state index contributed by atoms with van der Waals surface area (Å²) in [5.74, 6) is -1.09. The van der Waals surface area contributed by atoms with Crippen molar-refractivity contribution in [2.45, 2.75) is 37.6 Å². The van der Waals surface area contributed by atoms with Crippen molar-refractivity contribution in [3.8, 4) is 16.9 Å². The molecule has 43 heavy (non-hydrogen) atoms. The smallest absolute Gasteiger partial charge is 0.355 e. The Balaban J connectivity index is 1.88. The standard InChI is InChI=1S/C29H31FN8O4S/c1-6-22(39)36-12-13-37(17(4)15-36)27-19-14-20(30)24(18-8-7-10-33-26(18)31)34-28(19)38(29(40)35-27)25-21(43(5,41)42)9-11-32-23(25)16(2)3/h6-11,14,16-17H,1,12-13,15H2,2-5H3,(H2,31,33)/t17-/m0/s1. The van der Waals surface area contributed by atoms with Crippen LogP contribution in [0.15, 0.2) is 59.0 Å². The molecule has 5 rings (SSSR count). The third-order valence-corrected chi connectivity index (χ3v) is 8.49. The number of aromatic nitrogens is 5. The van der Waals surface area contributed by atoms with Crippen molar-refractivity contribution in [2.75, 3.05) is 36.5 Å². The first-order valence-corrected chi connectivity index (χ1v) is 15.4. The molecule has 2 N–H and O–H groups in total. The van der Waals surface area contributed by atoms with Gasteiger partial charge in [-0.3, -0.25) is 9.78 Å². The lowest BCUT2D eigenvalue weighted by atomic mass is 10.1. The topological polar surface area (TPSA) is 157 Å². The second-order valence-corrected chi connectivity index (χ2v) is 12.7. The first kappa shape index (κ1) is 29.8. The molecule has 0 bridgehead atoms. The van der Waals surface area contributed by atoms with Crippen LogP contribution < -0.4 is 16.3 Å². The number of anilines is 2. The zero-order valence-corrected chi connectivity index (χ0v) is 25.0. The van der Waals surface area contributed by atoms with Gasteiger partial charge in [-0.2, -0.15) is 4.98 Å². The van der Waals surface area contributed by atoms with Crippen LogP contribution in [0.3, 0.4) is 0 Å². The summed E-state index contributed by atoms with van der Waals surface area (Å²) in [4.78, 5) is 47.0. The fourth-order valence-corrected chi connectivity index (χ4v) is 6.19. The van der Waals surface area contributed by atoms with E-state index in [2.05, 4.69) is 26.5 Å². The maximum atomic E-state index is 15.9. The van der Waals surface area contributed by atoms with Crippen LogP contribution in [-0.4, -0.2) is 75.7 Å². The molecule has 1 fully saturated rings. The summed E-state index contributed by atoms with van der Waals surface area (Å²) >= 11 is 0. The van der Waals surface area contributed by atoms with Gasteiger partial charge < -0.3 is 15.5 Å². The lowest BCUT2D eigenvalue weighted by molar-refractivity contribution is -0.126. The Bertz CT molecular complexity index is 1940. The van der Waals surface area contributed by atoms with E-state index >= 15 is 4.39 Å². The van der Waals surface area contributed by atoms with Crippen LogP contribution in [0.4, 0.5) is 16.0 Å². The van der Waals surface area contributed by atoms with Crippen molar-refractivity contribution in [1.29, 1.82) is 0 Å². The average Bonchev–Trinajstić information content (AvgIpc) is 2.96. The summed E-state index contributed by atoms with van der Waals surface area (Å²) in [6.45, 7) is 9.96. The second-order valence-electron chi connectivity index (χ2n) is 10.7. The van der Waals surface area contributed by atoms with Crippen LogP contribution in [0.2, 0.25) is 0 Å². The molecule has 5 heterocycles. The number of carbonyl (C=O) groups is 1. The number of amides is 1. The van der Waals surface area contributed by atoms with Crippen molar-refractivity contribution >= 4 is 38.4 Å². The molecule has 0 radical (unpaired) electrons. The van der Waals surface area contributed by atoms with Gasteiger partial charge in [0.25, 0.3) is 0 Å². The van der Waals surface area contributed by atoms with E-state index in [-0.39, 0.29) is 62.4 Å². The minimum Gasteiger partial charge on any atom is -0.383 e.